The maximum Gasteiger partial charge on any atom is 0.251 e. The number of rotatable bonds is 8. The number of carbonyl (C=O) groups is 1. The first-order valence-corrected chi connectivity index (χ1v) is 11.4. The molecule has 3 aromatic carbocycles. The Labute approximate surface area is 191 Å². The van der Waals surface area contributed by atoms with E-state index in [1.807, 2.05) is 36.4 Å². The van der Waals surface area contributed by atoms with E-state index in [-0.39, 0.29) is 11.9 Å². The van der Waals surface area contributed by atoms with Crippen molar-refractivity contribution in [3.63, 3.8) is 0 Å². The van der Waals surface area contributed by atoms with Gasteiger partial charge in [0.15, 0.2) is 0 Å². The zero-order valence-electron chi connectivity index (χ0n) is 19.2. The summed E-state index contributed by atoms with van der Waals surface area (Å²) in [4.78, 5) is 15.4. The topological polar surface area (TPSA) is 41.6 Å². The summed E-state index contributed by atoms with van der Waals surface area (Å²) in [7, 11) is 1.66. The predicted molar refractivity (Wildman–Crippen MR) is 130 cm³/mol. The Morgan fingerprint density at radius 1 is 1.00 bits per heavy atom. The van der Waals surface area contributed by atoms with E-state index in [2.05, 4.69) is 60.5 Å². The fraction of sp³-hybridized carbons (Fsp3) is 0.321. The van der Waals surface area contributed by atoms with Gasteiger partial charge in [-0.25, -0.2) is 0 Å². The minimum atomic E-state index is -0.0375. The highest BCUT2D eigenvalue weighted by atomic mass is 16.5. The summed E-state index contributed by atoms with van der Waals surface area (Å²) in [6.45, 7) is 6.25. The second-order valence-corrected chi connectivity index (χ2v) is 8.93. The van der Waals surface area contributed by atoms with Gasteiger partial charge in [0, 0.05) is 24.3 Å². The van der Waals surface area contributed by atoms with Crippen molar-refractivity contribution in [1.82, 2.24) is 5.32 Å². The number of ether oxygens (including phenoxy) is 1. The summed E-state index contributed by atoms with van der Waals surface area (Å²) in [6, 6.07) is 24.5. The van der Waals surface area contributed by atoms with Crippen LogP contribution in [-0.4, -0.2) is 19.6 Å². The molecule has 1 aliphatic heterocycles. The highest BCUT2D eigenvalue weighted by Gasteiger charge is 2.20. The van der Waals surface area contributed by atoms with Gasteiger partial charge in [-0.3, -0.25) is 4.79 Å². The molecular formula is C28H32N2O2. The molecule has 1 amide bonds. The van der Waals surface area contributed by atoms with Crippen molar-refractivity contribution in [2.24, 2.45) is 5.92 Å². The van der Waals surface area contributed by atoms with E-state index in [9.17, 15) is 4.79 Å². The van der Waals surface area contributed by atoms with Crippen molar-refractivity contribution in [2.45, 2.75) is 39.3 Å². The number of para-hydroxylation sites is 1. The lowest BCUT2D eigenvalue weighted by Gasteiger charge is -2.22. The first-order chi connectivity index (χ1) is 15.5. The van der Waals surface area contributed by atoms with Crippen LogP contribution in [0.4, 0.5) is 5.69 Å². The van der Waals surface area contributed by atoms with E-state index in [0.717, 1.165) is 37.2 Å². The van der Waals surface area contributed by atoms with Crippen LogP contribution in [-0.2, 0) is 13.0 Å². The number of anilines is 1. The molecule has 0 aliphatic carbocycles. The van der Waals surface area contributed by atoms with E-state index >= 15 is 0 Å². The maximum atomic E-state index is 13.0. The van der Waals surface area contributed by atoms with E-state index in [0.29, 0.717) is 11.5 Å². The smallest absolute Gasteiger partial charge is 0.251 e. The molecule has 0 aromatic heterocycles. The van der Waals surface area contributed by atoms with Crippen molar-refractivity contribution in [1.29, 1.82) is 0 Å². The van der Waals surface area contributed by atoms with Gasteiger partial charge in [0.2, 0.25) is 0 Å². The molecule has 4 nitrogen and oxygen atoms in total. The van der Waals surface area contributed by atoms with Crippen LogP contribution in [0.15, 0.2) is 72.8 Å². The molecule has 4 rings (SSSR count). The first-order valence-electron chi connectivity index (χ1n) is 11.4. The first kappa shape index (κ1) is 21.9. The Kier molecular flexibility index (Phi) is 6.79. The van der Waals surface area contributed by atoms with Gasteiger partial charge in [0.05, 0.1) is 13.2 Å². The summed E-state index contributed by atoms with van der Waals surface area (Å²) in [5.41, 5.74) is 5.74. The van der Waals surface area contributed by atoms with Gasteiger partial charge in [0.1, 0.15) is 5.75 Å². The number of nitrogens with one attached hydrogen (secondary N) is 1. The standard InChI is InChI=1S/C28H32N2O2/c1-20(2)18-26(22-12-14-25(32-3)15-13-22)29-28(31)24-10-8-21(9-11-24)19-30-17-16-23-6-4-5-7-27(23)30/h4-15,20,26H,16-19H2,1-3H3,(H,29,31)/t26-/m0/s1. The fourth-order valence-corrected chi connectivity index (χ4v) is 4.38. The van der Waals surface area contributed by atoms with Crippen molar-refractivity contribution in [3.8, 4) is 5.75 Å². The molecule has 0 fully saturated rings. The zero-order valence-corrected chi connectivity index (χ0v) is 19.2. The lowest BCUT2D eigenvalue weighted by molar-refractivity contribution is 0.0932. The molecule has 166 valence electrons. The van der Waals surface area contributed by atoms with E-state index in [1.54, 1.807) is 7.11 Å². The third kappa shape index (κ3) is 5.13. The van der Waals surface area contributed by atoms with Gasteiger partial charge in [-0.2, -0.15) is 0 Å². The van der Waals surface area contributed by atoms with Crippen molar-refractivity contribution in [3.05, 3.63) is 95.1 Å². The van der Waals surface area contributed by atoms with Gasteiger partial charge in [-0.05, 0) is 65.8 Å². The van der Waals surface area contributed by atoms with E-state index in [4.69, 9.17) is 4.74 Å². The largest absolute Gasteiger partial charge is 0.497 e. The van der Waals surface area contributed by atoms with E-state index in [1.165, 1.54) is 16.8 Å². The molecule has 0 spiro atoms. The normalized spacial score (nSPS) is 13.7. The van der Waals surface area contributed by atoms with Crippen LogP contribution in [0, 0.1) is 5.92 Å². The number of benzene rings is 3. The molecule has 1 N–H and O–H groups in total. The molecule has 0 unspecified atom stereocenters. The maximum absolute atomic E-state index is 13.0. The van der Waals surface area contributed by atoms with Crippen LogP contribution >= 0.6 is 0 Å². The Morgan fingerprint density at radius 2 is 1.72 bits per heavy atom. The molecule has 4 heteroatoms. The molecule has 0 radical (unpaired) electrons. The van der Waals surface area contributed by atoms with Gasteiger partial charge in [0.25, 0.3) is 5.91 Å². The quantitative estimate of drug-likeness (QED) is 0.495. The number of hydrogen-bond donors (Lipinski definition) is 1. The minimum absolute atomic E-state index is 0.0332. The Hall–Kier alpha value is -3.27. The second kappa shape index (κ2) is 9.90. The van der Waals surface area contributed by atoms with Gasteiger partial charge >= 0.3 is 0 Å². The number of amides is 1. The van der Waals surface area contributed by atoms with Gasteiger partial charge in [-0.1, -0.05) is 56.3 Å². The lowest BCUT2D eigenvalue weighted by Crippen LogP contribution is -2.29. The molecule has 0 bridgehead atoms. The number of methoxy groups -OCH3 is 1. The third-order valence-electron chi connectivity index (χ3n) is 6.10. The van der Waals surface area contributed by atoms with Crippen LogP contribution in [0.1, 0.15) is 53.4 Å². The second-order valence-electron chi connectivity index (χ2n) is 8.93. The molecule has 1 heterocycles. The molecule has 0 saturated heterocycles. The van der Waals surface area contributed by atoms with Crippen LogP contribution < -0.4 is 15.0 Å². The molecule has 1 atom stereocenters. The lowest BCUT2D eigenvalue weighted by atomic mass is 9.96. The summed E-state index contributed by atoms with van der Waals surface area (Å²) in [5.74, 6) is 1.25. The van der Waals surface area contributed by atoms with Crippen LogP contribution in [0.25, 0.3) is 0 Å². The van der Waals surface area contributed by atoms with Crippen LogP contribution in [0.5, 0.6) is 5.75 Å². The highest BCUT2D eigenvalue weighted by molar-refractivity contribution is 5.94. The average molecular weight is 429 g/mol. The number of fused-ring (bicyclic) bond motifs is 1. The Bertz CT molecular complexity index is 1040. The SMILES string of the molecule is COc1ccc([C@H](CC(C)C)NC(=O)c2ccc(CN3CCc4ccccc43)cc2)cc1. The zero-order chi connectivity index (χ0) is 22.5. The van der Waals surface area contributed by atoms with Crippen LogP contribution in [0.2, 0.25) is 0 Å². The minimum Gasteiger partial charge on any atom is -0.497 e. The number of hydrogen-bond acceptors (Lipinski definition) is 3. The van der Waals surface area contributed by atoms with Crippen molar-refractivity contribution >= 4 is 11.6 Å². The average Bonchev–Trinajstić information content (AvgIpc) is 3.21. The fourth-order valence-electron chi connectivity index (χ4n) is 4.38. The monoisotopic (exact) mass is 428 g/mol. The van der Waals surface area contributed by atoms with Gasteiger partial charge in [-0.15, -0.1) is 0 Å². The molecule has 1 aliphatic rings. The predicted octanol–water partition coefficient (Wildman–Crippen LogP) is 5.78. The van der Waals surface area contributed by atoms with Gasteiger partial charge < -0.3 is 15.0 Å². The summed E-state index contributed by atoms with van der Waals surface area (Å²) < 4.78 is 5.27. The van der Waals surface area contributed by atoms with Crippen LogP contribution in [0.3, 0.4) is 0 Å². The number of nitrogens with zero attached hydrogens (tertiary/aromatic N) is 1. The highest BCUT2D eigenvalue weighted by Crippen LogP contribution is 2.29. The number of carbonyl (C=O) groups excluding carboxylic acids is 1. The summed E-state index contributed by atoms with van der Waals surface area (Å²) in [5, 5.41) is 3.23. The molecule has 3 aromatic rings. The summed E-state index contributed by atoms with van der Waals surface area (Å²) >= 11 is 0. The third-order valence-corrected chi connectivity index (χ3v) is 6.10. The summed E-state index contributed by atoms with van der Waals surface area (Å²) in [6.07, 6.45) is 1.98. The Morgan fingerprint density at radius 3 is 2.41 bits per heavy atom. The Balaban J connectivity index is 1.42. The van der Waals surface area contributed by atoms with Crippen molar-refractivity contribution in [2.75, 3.05) is 18.6 Å². The van der Waals surface area contributed by atoms with Crippen molar-refractivity contribution < 1.29 is 9.53 Å². The molecule has 0 saturated carbocycles. The molecular weight excluding hydrogens is 396 g/mol. The van der Waals surface area contributed by atoms with E-state index < -0.39 is 0 Å². The molecule has 32 heavy (non-hydrogen) atoms.